The van der Waals surface area contributed by atoms with Gasteiger partial charge < -0.3 is 0 Å². The molecule has 0 atom stereocenters. The van der Waals surface area contributed by atoms with Crippen LogP contribution in [-0.4, -0.2) is 16.8 Å². The zero-order valence-corrected chi connectivity index (χ0v) is 7.55. The van der Waals surface area contributed by atoms with E-state index in [4.69, 9.17) is 0 Å². The van der Waals surface area contributed by atoms with Crippen molar-refractivity contribution in [3.63, 3.8) is 0 Å². The van der Waals surface area contributed by atoms with E-state index in [0.717, 1.165) is 6.07 Å². The number of hydrogen-bond donors (Lipinski definition) is 2. The molecule has 0 spiro atoms. The van der Waals surface area contributed by atoms with E-state index in [-0.39, 0.29) is 9.79 Å². The van der Waals surface area contributed by atoms with Crippen LogP contribution in [-0.2, 0) is 21.4 Å². The van der Waals surface area contributed by atoms with Gasteiger partial charge in [0.25, 0.3) is 0 Å². The highest BCUT2D eigenvalue weighted by Gasteiger charge is 1.98. The smallest absolute Gasteiger partial charge is 0.168 e. The summed E-state index contributed by atoms with van der Waals surface area (Å²) in [6.07, 6.45) is 0. The Morgan fingerprint density at radius 3 is 2.25 bits per heavy atom. The van der Waals surface area contributed by atoms with Gasteiger partial charge in [-0.15, -0.1) is 0 Å². The SMILES string of the molecule is O=[SH](=O)c1[c]ccc([SH](=O)=O)c1. The van der Waals surface area contributed by atoms with Crippen molar-refractivity contribution in [2.45, 2.75) is 9.79 Å². The topological polar surface area (TPSA) is 68.3 Å². The Balaban J connectivity index is 3.30. The molecule has 0 saturated heterocycles. The molecule has 0 saturated carbocycles. The molecule has 0 unspecified atom stereocenters. The molecule has 1 rings (SSSR count). The molecule has 0 fully saturated rings. The van der Waals surface area contributed by atoms with Crippen molar-refractivity contribution in [1.29, 1.82) is 0 Å². The number of benzene rings is 1. The average molecular weight is 205 g/mol. The van der Waals surface area contributed by atoms with Crippen LogP contribution in [0.5, 0.6) is 0 Å². The van der Waals surface area contributed by atoms with E-state index >= 15 is 0 Å². The Bertz CT molecular complexity index is 378. The Hall–Kier alpha value is -0.880. The van der Waals surface area contributed by atoms with Gasteiger partial charge in [-0.05, 0) is 12.1 Å². The summed E-state index contributed by atoms with van der Waals surface area (Å²) in [6.45, 7) is 0. The van der Waals surface area contributed by atoms with Crippen LogP contribution in [0.25, 0.3) is 0 Å². The summed E-state index contributed by atoms with van der Waals surface area (Å²) in [4.78, 5) is -0.125. The largest absolute Gasteiger partial charge is 0.227 e. The summed E-state index contributed by atoms with van der Waals surface area (Å²) in [7, 11) is -5.48. The van der Waals surface area contributed by atoms with Crippen molar-refractivity contribution in [3.8, 4) is 0 Å². The molecular weight excluding hydrogens is 200 g/mol. The highest BCUT2D eigenvalue weighted by atomic mass is 32.2. The molecule has 1 aromatic carbocycles. The number of thiol groups is 2. The monoisotopic (exact) mass is 205 g/mol. The van der Waals surface area contributed by atoms with Gasteiger partial charge in [-0.25, -0.2) is 16.8 Å². The molecule has 12 heavy (non-hydrogen) atoms. The molecule has 0 aromatic heterocycles. The van der Waals surface area contributed by atoms with Gasteiger partial charge in [0.1, 0.15) is 0 Å². The second-order valence-electron chi connectivity index (χ2n) is 1.95. The Labute approximate surface area is 72.7 Å². The lowest BCUT2D eigenvalue weighted by atomic mass is 10.4. The van der Waals surface area contributed by atoms with Crippen molar-refractivity contribution in [1.82, 2.24) is 0 Å². The van der Waals surface area contributed by atoms with E-state index in [0.29, 0.717) is 0 Å². The predicted octanol–water partition coefficient (Wildman–Crippen LogP) is -0.573. The molecule has 1 radical (unpaired) electrons. The first-order valence-corrected chi connectivity index (χ1v) is 5.27. The lowest BCUT2D eigenvalue weighted by Gasteiger charge is -1.90. The van der Waals surface area contributed by atoms with Crippen molar-refractivity contribution < 1.29 is 16.8 Å². The quantitative estimate of drug-likeness (QED) is 0.634. The van der Waals surface area contributed by atoms with E-state index in [9.17, 15) is 16.8 Å². The third kappa shape index (κ3) is 2.05. The molecule has 0 amide bonds. The number of rotatable bonds is 2. The fourth-order valence-electron chi connectivity index (χ4n) is 0.661. The van der Waals surface area contributed by atoms with Crippen LogP contribution in [0, 0.1) is 6.07 Å². The van der Waals surface area contributed by atoms with Crippen LogP contribution >= 0.6 is 0 Å². The van der Waals surface area contributed by atoms with E-state index in [1.165, 1.54) is 12.1 Å². The first-order valence-electron chi connectivity index (χ1n) is 2.92. The minimum atomic E-state index is -2.76. The molecule has 0 aliphatic heterocycles. The zero-order chi connectivity index (χ0) is 9.14. The fraction of sp³-hybridized carbons (Fsp3) is 0. The lowest BCUT2D eigenvalue weighted by molar-refractivity contribution is 0.613. The van der Waals surface area contributed by atoms with Crippen molar-refractivity contribution in [3.05, 3.63) is 24.3 Å². The lowest BCUT2D eigenvalue weighted by Crippen LogP contribution is -1.84. The van der Waals surface area contributed by atoms with Crippen LogP contribution in [0.3, 0.4) is 0 Å². The van der Waals surface area contributed by atoms with Crippen molar-refractivity contribution in [2.75, 3.05) is 0 Å². The maximum Gasteiger partial charge on any atom is 0.168 e. The Morgan fingerprint density at radius 1 is 1.08 bits per heavy atom. The van der Waals surface area contributed by atoms with Gasteiger partial charge in [-0.3, -0.25) is 0 Å². The standard InChI is InChI=1S/C6H5O4S2/c7-11(8)5-2-1-3-6(4-5)12(9)10/h1-2,4,11-12H. The van der Waals surface area contributed by atoms with Gasteiger partial charge in [-0.1, -0.05) is 6.07 Å². The van der Waals surface area contributed by atoms with Crippen LogP contribution in [0.4, 0.5) is 0 Å². The van der Waals surface area contributed by atoms with Crippen LogP contribution < -0.4 is 0 Å². The van der Waals surface area contributed by atoms with Crippen LogP contribution in [0.1, 0.15) is 0 Å². The minimum Gasteiger partial charge on any atom is -0.227 e. The normalized spacial score (nSPS) is 10.8. The summed E-state index contributed by atoms with van der Waals surface area (Å²) in [6, 6.07) is 6.02. The fourth-order valence-corrected chi connectivity index (χ4v) is 1.62. The van der Waals surface area contributed by atoms with Crippen molar-refractivity contribution >= 4 is 21.4 Å². The summed E-state index contributed by atoms with van der Waals surface area (Å²) in [5.41, 5.74) is 0. The highest BCUT2D eigenvalue weighted by molar-refractivity contribution is 7.73. The molecule has 6 heteroatoms. The predicted molar refractivity (Wildman–Crippen MR) is 42.4 cm³/mol. The summed E-state index contributed by atoms with van der Waals surface area (Å²) in [5, 5.41) is 0. The van der Waals surface area contributed by atoms with Crippen LogP contribution in [0.2, 0.25) is 0 Å². The van der Waals surface area contributed by atoms with E-state index < -0.39 is 21.4 Å². The molecule has 0 heterocycles. The molecular formula is C6H5O4S2. The molecule has 0 bridgehead atoms. The van der Waals surface area contributed by atoms with Gasteiger partial charge in [0, 0.05) is 6.07 Å². The van der Waals surface area contributed by atoms with Gasteiger partial charge in [0.05, 0.1) is 9.79 Å². The second-order valence-corrected chi connectivity index (χ2v) is 3.97. The van der Waals surface area contributed by atoms with E-state index in [1.54, 1.807) is 0 Å². The van der Waals surface area contributed by atoms with Gasteiger partial charge in [-0.2, -0.15) is 0 Å². The molecule has 65 valence electrons. The Kier molecular flexibility index (Phi) is 2.83. The van der Waals surface area contributed by atoms with Crippen LogP contribution in [0.15, 0.2) is 28.0 Å². The maximum absolute atomic E-state index is 10.4. The zero-order valence-electron chi connectivity index (χ0n) is 5.76. The van der Waals surface area contributed by atoms with Gasteiger partial charge in [0.15, 0.2) is 21.4 Å². The summed E-state index contributed by atoms with van der Waals surface area (Å²) in [5.74, 6) is 0. The van der Waals surface area contributed by atoms with E-state index in [1.807, 2.05) is 0 Å². The van der Waals surface area contributed by atoms with Crippen molar-refractivity contribution in [2.24, 2.45) is 0 Å². The third-order valence-electron chi connectivity index (χ3n) is 1.18. The maximum atomic E-state index is 10.4. The van der Waals surface area contributed by atoms with Gasteiger partial charge >= 0.3 is 0 Å². The second kappa shape index (κ2) is 3.68. The first-order chi connectivity index (χ1) is 5.61. The van der Waals surface area contributed by atoms with E-state index in [2.05, 4.69) is 6.07 Å². The molecule has 1 aromatic rings. The first kappa shape index (κ1) is 9.21. The molecule has 4 nitrogen and oxygen atoms in total. The average Bonchev–Trinajstić information content (AvgIpc) is 2.04. The summed E-state index contributed by atoms with van der Waals surface area (Å²) >= 11 is 0. The molecule has 0 aliphatic carbocycles. The number of hydrogen-bond acceptors (Lipinski definition) is 4. The highest BCUT2D eigenvalue weighted by Crippen LogP contribution is 2.06. The molecule has 0 aliphatic rings. The summed E-state index contributed by atoms with van der Waals surface area (Å²) < 4.78 is 41.6. The van der Waals surface area contributed by atoms with Gasteiger partial charge in [0.2, 0.25) is 0 Å². The Morgan fingerprint density at radius 2 is 1.75 bits per heavy atom. The third-order valence-corrected chi connectivity index (χ3v) is 2.53. The minimum absolute atomic E-state index is 0.0158. The molecule has 0 N–H and O–H groups in total.